The topological polar surface area (TPSA) is 141 Å². The number of imide groups is 1. The molecule has 1 aliphatic rings. The molecular weight excluding hydrogens is 426 g/mol. The molecule has 0 unspecified atom stereocenters. The van der Waals surface area contributed by atoms with Gasteiger partial charge in [0.05, 0.1) is 17.0 Å². The van der Waals surface area contributed by atoms with E-state index in [1.165, 1.54) is 37.3 Å². The molecule has 0 fully saturated rings. The molecule has 2 N–H and O–H groups in total. The fraction of sp³-hybridized carbons (Fsp3) is 0.150. The van der Waals surface area contributed by atoms with Gasteiger partial charge in [0.2, 0.25) is 5.91 Å². The maximum atomic E-state index is 12.5. The van der Waals surface area contributed by atoms with Gasteiger partial charge in [-0.25, -0.2) is 4.79 Å². The van der Waals surface area contributed by atoms with Gasteiger partial charge in [0.25, 0.3) is 11.8 Å². The Hall–Kier alpha value is -3.92. The fourth-order valence-electron chi connectivity index (χ4n) is 2.65. The van der Waals surface area contributed by atoms with Gasteiger partial charge in [0.15, 0.2) is 6.04 Å². The number of nitrogens with zero attached hydrogens (tertiary/aromatic N) is 4. The molecule has 0 spiro atoms. The van der Waals surface area contributed by atoms with Gasteiger partial charge in [-0.15, -0.1) is 0 Å². The number of carbonyl (C=O) groups excluding carboxylic acids is 3. The first-order chi connectivity index (χ1) is 14.7. The van der Waals surface area contributed by atoms with E-state index >= 15 is 0 Å². The number of carboxylic acid groups (broad SMARTS) is 1. The van der Waals surface area contributed by atoms with Crippen LogP contribution in [0.2, 0.25) is 5.02 Å². The van der Waals surface area contributed by atoms with Crippen molar-refractivity contribution < 1.29 is 24.3 Å². The highest BCUT2D eigenvalue weighted by Gasteiger charge is 2.38. The van der Waals surface area contributed by atoms with Crippen molar-refractivity contribution in [1.82, 2.24) is 5.01 Å². The Morgan fingerprint density at radius 1 is 1.19 bits per heavy atom. The van der Waals surface area contributed by atoms with Crippen LogP contribution in [0.3, 0.4) is 0 Å². The second-order valence-corrected chi connectivity index (χ2v) is 6.93. The molecule has 0 bridgehead atoms. The molecule has 0 saturated heterocycles. The summed E-state index contributed by atoms with van der Waals surface area (Å²) in [6, 6.07) is 10.9. The van der Waals surface area contributed by atoms with E-state index in [0.29, 0.717) is 21.4 Å². The molecule has 3 rings (SSSR count). The Morgan fingerprint density at radius 3 is 2.55 bits per heavy atom. The van der Waals surface area contributed by atoms with Crippen LogP contribution in [0.1, 0.15) is 23.7 Å². The van der Waals surface area contributed by atoms with Gasteiger partial charge in [0, 0.05) is 10.7 Å². The number of carbonyl (C=O) groups is 4. The lowest BCUT2D eigenvalue weighted by atomic mass is 10.2. The van der Waals surface area contributed by atoms with Crippen molar-refractivity contribution in [3.8, 4) is 0 Å². The first-order valence-electron chi connectivity index (χ1n) is 8.96. The standard InChI is InChI=1S/C20H16ClN5O5/c1-11-18(24-23-14-7-5-12(6-8-14)20(30)31)19(29)26(25-11)17(28)10-16(27)22-15-4-2-3-13(21)9-15/h2-9,18H,10H2,1H3,(H,22,27)(H,30,31)/t18-/m1/s1. The van der Waals surface area contributed by atoms with E-state index in [1.54, 1.807) is 18.2 Å². The maximum Gasteiger partial charge on any atom is 0.335 e. The summed E-state index contributed by atoms with van der Waals surface area (Å²) >= 11 is 5.85. The van der Waals surface area contributed by atoms with Crippen LogP contribution in [-0.2, 0) is 14.4 Å². The second-order valence-electron chi connectivity index (χ2n) is 6.49. The van der Waals surface area contributed by atoms with Crippen LogP contribution in [0.4, 0.5) is 11.4 Å². The van der Waals surface area contributed by atoms with Crippen LogP contribution in [0.5, 0.6) is 0 Å². The highest BCUT2D eigenvalue weighted by atomic mass is 35.5. The largest absolute Gasteiger partial charge is 0.478 e. The van der Waals surface area contributed by atoms with Crippen LogP contribution >= 0.6 is 11.6 Å². The van der Waals surface area contributed by atoms with Crippen molar-refractivity contribution in [3.05, 3.63) is 59.1 Å². The molecule has 31 heavy (non-hydrogen) atoms. The molecule has 0 radical (unpaired) electrons. The third kappa shape index (κ3) is 5.37. The number of rotatable bonds is 6. The Kier molecular flexibility index (Phi) is 6.51. The molecule has 11 heteroatoms. The van der Waals surface area contributed by atoms with E-state index in [4.69, 9.17) is 16.7 Å². The SMILES string of the molecule is CC1=NN(C(=O)CC(=O)Nc2cccc(Cl)c2)C(=O)[C@@H]1N=Nc1ccc(C(=O)O)cc1. The van der Waals surface area contributed by atoms with E-state index in [1.807, 2.05) is 0 Å². The second kappa shape index (κ2) is 9.26. The molecule has 0 aromatic heterocycles. The highest BCUT2D eigenvalue weighted by molar-refractivity contribution is 6.31. The summed E-state index contributed by atoms with van der Waals surface area (Å²) in [6.07, 6.45) is -0.602. The van der Waals surface area contributed by atoms with E-state index in [2.05, 4.69) is 20.6 Å². The Bertz CT molecular complexity index is 1110. The van der Waals surface area contributed by atoms with E-state index in [0.717, 1.165) is 0 Å². The zero-order valence-electron chi connectivity index (χ0n) is 16.2. The average Bonchev–Trinajstić information content (AvgIpc) is 3.00. The number of hydrogen-bond donors (Lipinski definition) is 2. The van der Waals surface area contributed by atoms with Gasteiger partial charge in [0.1, 0.15) is 6.42 Å². The first kappa shape index (κ1) is 21.8. The zero-order valence-corrected chi connectivity index (χ0v) is 16.9. The predicted molar refractivity (Wildman–Crippen MR) is 111 cm³/mol. The number of anilines is 1. The summed E-state index contributed by atoms with van der Waals surface area (Å²) in [6.45, 7) is 1.51. The predicted octanol–water partition coefficient (Wildman–Crippen LogP) is 3.26. The van der Waals surface area contributed by atoms with Crippen molar-refractivity contribution in [3.63, 3.8) is 0 Å². The molecule has 1 heterocycles. The van der Waals surface area contributed by atoms with Crippen molar-refractivity contribution >= 4 is 52.4 Å². The number of azo groups is 1. The molecule has 0 saturated carbocycles. The number of hydrogen-bond acceptors (Lipinski definition) is 7. The molecule has 1 atom stereocenters. The monoisotopic (exact) mass is 441 g/mol. The van der Waals surface area contributed by atoms with Crippen molar-refractivity contribution in [2.75, 3.05) is 5.32 Å². The van der Waals surface area contributed by atoms with Gasteiger partial charge in [-0.1, -0.05) is 17.7 Å². The van der Waals surface area contributed by atoms with Crippen LogP contribution in [-0.4, -0.2) is 45.6 Å². The molecule has 0 aliphatic carbocycles. The summed E-state index contributed by atoms with van der Waals surface area (Å²) in [5, 5.41) is 24.2. The minimum absolute atomic E-state index is 0.0847. The smallest absolute Gasteiger partial charge is 0.335 e. The Labute approximate surface area is 181 Å². The van der Waals surface area contributed by atoms with Gasteiger partial charge in [-0.05, 0) is 49.4 Å². The van der Waals surface area contributed by atoms with E-state index < -0.39 is 36.2 Å². The lowest BCUT2D eigenvalue weighted by Crippen LogP contribution is -2.36. The van der Waals surface area contributed by atoms with Crippen molar-refractivity contribution in [2.45, 2.75) is 19.4 Å². The molecule has 2 aromatic carbocycles. The van der Waals surface area contributed by atoms with Crippen molar-refractivity contribution in [1.29, 1.82) is 0 Å². The van der Waals surface area contributed by atoms with Gasteiger partial charge >= 0.3 is 5.97 Å². The first-order valence-corrected chi connectivity index (χ1v) is 9.34. The number of amides is 3. The number of carboxylic acids is 1. The summed E-state index contributed by atoms with van der Waals surface area (Å²) in [7, 11) is 0. The molecular formula is C20H16ClN5O5. The summed E-state index contributed by atoms with van der Waals surface area (Å²) < 4.78 is 0. The van der Waals surface area contributed by atoms with Crippen LogP contribution < -0.4 is 5.32 Å². The molecule has 1 aliphatic heterocycles. The number of nitrogens with one attached hydrogen (secondary N) is 1. The number of hydrazone groups is 1. The van der Waals surface area contributed by atoms with E-state index in [9.17, 15) is 19.2 Å². The molecule has 3 amide bonds. The molecule has 10 nitrogen and oxygen atoms in total. The molecule has 158 valence electrons. The van der Waals surface area contributed by atoms with Crippen LogP contribution in [0.25, 0.3) is 0 Å². The summed E-state index contributed by atoms with van der Waals surface area (Å²) in [4.78, 5) is 47.9. The fourth-order valence-corrected chi connectivity index (χ4v) is 2.84. The Morgan fingerprint density at radius 2 is 1.90 bits per heavy atom. The lowest BCUT2D eigenvalue weighted by molar-refractivity contribution is -0.144. The van der Waals surface area contributed by atoms with Gasteiger partial charge in [-0.3, -0.25) is 14.4 Å². The number of aromatic carboxylic acids is 1. The molecule has 2 aromatic rings. The summed E-state index contributed by atoms with van der Waals surface area (Å²) in [5.41, 5.74) is 1.07. The van der Waals surface area contributed by atoms with E-state index in [-0.39, 0.29) is 11.3 Å². The third-order valence-electron chi connectivity index (χ3n) is 4.16. The van der Waals surface area contributed by atoms with Gasteiger partial charge in [-0.2, -0.15) is 20.3 Å². The number of benzene rings is 2. The summed E-state index contributed by atoms with van der Waals surface area (Å²) in [5.74, 6) is -3.25. The number of halogens is 1. The maximum absolute atomic E-state index is 12.5. The average molecular weight is 442 g/mol. The van der Waals surface area contributed by atoms with Crippen molar-refractivity contribution in [2.24, 2.45) is 15.3 Å². The third-order valence-corrected chi connectivity index (χ3v) is 4.39. The quantitative estimate of drug-likeness (QED) is 0.522. The minimum Gasteiger partial charge on any atom is -0.478 e. The Balaban J connectivity index is 1.62. The zero-order chi connectivity index (χ0) is 22.5. The normalized spacial score (nSPS) is 15.8. The van der Waals surface area contributed by atoms with Crippen LogP contribution in [0, 0.1) is 0 Å². The lowest BCUT2D eigenvalue weighted by Gasteiger charge is -2.11. The van der Waals surface area contributed by atoms with Crippen LogP contribution in [0.15, 0.2) is 63.9 Å². The minimum atomic E-state index is -1.11. The highest BCUT2D eigenvalue weighted by Crippen LogP contribution is 2.19. The van der Waals surface area contributed by atoms with Gasteiger partial charge < -0.3 is 10.4 Å².